The fraction of sp³-hybridized carbons (Fsp3) is 0.235. The molecule has 0 unspecified atom stereocenters. The molecular weight excluding hydrogens is 331 g/mol. The van der Waals surface area contributed by atoms with Crippen LogP contribution < -0.4 is 10.0 Å². The fourth-order valence-corrected chi connectivity index (χ4v) is 4.10. The molecule has 1 fully saturated rings. The summed E-state index contributed by atoms with van der Waals surface area (Å²) in [6, 6.07) is 11.9. The van der Waals surface area contributed by atoms with Crippen LogP contribution in [-0.2, 0) is 20.4 Å². The molecule has 7 heteroatoms. The molecule has 1 aliphatic rings. The van der Waals surface area contributed by atoms with Crippen molar-refractivity contribution in [3.05, 3.63) is 59.9 Å². The van der Waals surface area contributed by atoms with Crippen molar-refractivity contribution in [1.82, 2.24) is 4.72 Å². The lowest BCUT2D eigenvalue weighted by Crippen LogP contribution is -2.34. The fourth-order valence-electron chi connectivity index (χ4n) is 2.60. The van der Waals surface area contributed by atoms with Gasteiger partial charge in [0, 0.05) is 12.6 Å². The first-order valence-corrected chi connectivity index (χ1v) is 8.97. The van der Waals surface area contributed by atoms with Crippen molar-refractivity contribution in [3.63, 3.8) is 0 Å². The topological polar surface area (TPSA) is 75.3 Å². The highest BCUT2D eigenvalue weighted by Gasteiger charge is 2.47. The van der Waals surface area contributed by atoms with Crippen molar-refractivity contribution in [2.75, 3.05) is 5.32 Å². The highest BCUT2D eigenvalue weighted by atomic mass is 32.2. The van der Waals surface area contributed by atoms with E-state index in [1.165, 1.54) is 31.2 Å². The molecule has 1 aliphatic carbocycles. The Morgan fingerprint density at radius 1 is 1.12 bits per heavy atom. The Morgan fingerprint density at radius 2 is 1.79 bits per heavy atom. The molecule has 2 aromatic carbocycles. The zero-order chi connectivity index (χ0) is 17.4. The van der Waals surface area contributed by atoms with Gasteiger partial charge in [0.15, 0.2) is 0 Å². The number of hydrogen-bond donors (Lipinski definition) is 2. The molecule has 0 aliphatic heterocycles. The summed E-state index contributed by atoms with van der Waals surface area (Å²) < 4.78 is 41.1. The van der Waals surface area contributed by atoms with Gasteiger partial charge in [-0.05, 0) is 48.7 Å². The number of benzene rings is 2. The van der Waals surface area contributed by atoms with Gasteiger partial charge in [0.2, 0.25) is 15.9 Å². The third-order valence-corrected chi connectivity index (χ3v) is 5.48. The average Bonchev–Trinajstić information content (AvgIpc) is 3.27. The molecule has 1 saturated carbocycles. The number of amides is 1. The van der Waals surface area contributed by atoms with E-state index in [1.54, 1.807) is 24.3 Å². The third-order valence-electron chi connectivity index (χ3n) is 3.94. The van der Waals surface area contributed by atoms with E-state index in [1.807, 2.05) is 0 Å². The van der Waals surface area contributed by atoms with Crippen molar-refractivity contribution < 1.29 is 17.6 Å². The predicted octanol–water partition coefficient (Wildman–Crippen LogP) is 2.75. The summed E-state index contributed by atoms with van der Waals surface area (Å²) in [5.41, 5.74) is 0.471. The Bertz CT molecular complexity index is 875. The number of carbonyl (C=O) groups is 1. The first-order chi connectivity index (χ1) is 11.3. The SMILES string of the molecule is CC(=O)Nc1cccc(S(=O)(=O)NC2(c3ccc(F)cc3)CC2)c1. The third kappa shape index (κ3) is 3.47. The molecule has 0 bridgehead atoms. The van der Waals surface area contributed by atoms with Crippen LogP contribution in [0.25, 0.3) is 0 Å². The van der Waals surface area contributed by atoms with Gasteiger partial charge in [-0.25, -0.2) is 17.5 Å². The molecular formula is C17H17FN2O3S. The van der Waals surface area contributed by atoms with E-state index in [0.717, 1.165) is 5.56 Å². The van der Waals surface area contributed by atoms with E-state index in [9.17, 15) is 17.6 Å². The molecule has 126 valence electrons. The van der Waals surface area contributed by atoms with Crippen LogP contribution in [-0.4, -0.2) is 14.3 Å². The highest BCUT2D eigenvalue weighted by Crippen LogP contribution is 2.46. The molecule has 3 rings (SSSR count). The molecule has 0 heterocycles. The number of hydrogen-bond acceptors (Lipinski definition) is 3. The van der Waals surface area contributed by atoms with E-state index >= 15 is 0 Å². The summed E-state index contributed by atoms with van der Waals surface area (Å²) in [6.45, 7) is 1.35. The Morgan fingerprint density at radius 3 is 2.38 bits per heavy atom. The maximum absolute atomic E-state index is 13.1. The van der Waals surface area contributed by atoms with Crippen molar-refractivity contribution in [2.24, 2.45) is 0 Å². The van der Waals surface area contributed by atoms with Crippen LogP contribution in [0.2, 0.25) is 0 Å². The summed E-state index contributed by atoms with van der Waals surface area (Å²) in [7, 11) is -3.77. The quantitative estimate of drug-likeness (QED) is 0.872. The lowest BCUT2D eigenvalue weighted by Gasteiger charge is -2.18. The van der Waals surface area contributed by atoms with Crippen LogP contribution in [0.15, 0.2) is 53.4 Å². The van der Waals surface area contributed by atoms with Crippen LogP contribution in [0.3, 0.4) is 0 Å². The van der Waals surface area contributed by atoms with Crippen molar-refractivity contribution in [3.8, 4) is 0 Å². The average molecular weight is 348 g/mol. The zero-order valence-electron chi connectivity index (χ0n) is 13.0. The van der Waals surface area contributed by atoms with Crippen LogP contribution in [0.4, 0.5) is 10.1 Å². The van der Waals surface area contributed by atoms with E-state index < -0.39 is 15.6 Å². The predicted molar refractivity (Wildman–Crippen MR) is 88.4 cm³/mol. The van der Waals surface area contributed by atoms with Gasteiger partial charge >= 0.3 is 0 Å². The Hall–Kier alpha value is -2.25. The van der Waals surface area contributed by atoms with Gasteiger partial charge < -0.3 is 5.32 Å². The summed E-state index contributed by atoms with van der Waals surface area (Å²) >= 11 is 0. The molecule has 1 amide bonds. The van der Waals surface area contributed by atoms with E-state index in [4.69, 9.17) is 0 Å². The normalized spacial score (nSPS) is 15.8. The number of carbonyl (C=O) groups excluding carboxylic acids is 1. The maximum Gasteiger partial charge on any atom is 0.241 e. The summed E-state index contributed by atoms with van der Waals surface area (Å²) in [6.07, 6.45) is 1.31. The second kappa shape index (κ2) is 5.99. The molecule has 0 spiro atoms. The second-order valence-electron chi connectivity index (χ2n) is 5.90. The Labute approximate surface area is 139 Å². The van der Waals surface area contributed by atoms with Gasteiger partial charge in [0.05, 0.1) is 10.4 Å². The smallest absolute Gasteiger partial charge is 0.241 e. The number of halogens is 1. The van der Waals surface area contributed by atoms with E-state index in [-0.39, 0.29) is 16.6 Å². The zero-order valence-corrected chi connectivity index (χ0v) is 13.9. The molecule has 24 heavy (non-hydrogen) atoms. The van der Waals surface area contributed by atoms with Gasteiger partial charge in [-0.15, -0.1) is 0 Å². The summed E-state index contributed by atoms with van der Waals surface area (Å²) in [5, 5.41) is 2.56. The van der Waals surface area contributed by atoms with Crippen LogP contribution in [0, 0.1) is 5.82 Å². The lowest BCUT2D eigenvalue weighted by atomic mass is 10.1. The van der Waals surface area contributed by atoms with Gasteiger partial charge in [-0.3, -0.25) is 4.79 Å². The number of sulfonamides is 1. The Balaban J connectivity index is 1.86. The van der Waals surface area contributed by atoms with E-state index in [2.05, 4.69) is 10.0 Å². The van der Waals surface area contributed by atoms with Crippen LogP contribution >= 0.6 is 0 Å². The van der Waals surface area contributed by atoms with Crippen molar-refractivity contribution in [2.45, 2.75) is 30.2 Å². The highest BCUT2D eigenvalue weighted by molar-refractivity contribution is 7.89. The summed E-state index contributed by atoms with van der Waals surface area (Å²) in [5.74, 6) is -0.636. The van der Waals surface area contributed by atoms with Crippen LogP contribution in [0.5, 0.6) is 0 Å². The number of rotatable bonds is 5. The first kappa shape index (κ1) is 16.6. The van der Waals surface area contributed by atoms with Gasteiger partial charge in [-0.2, -0.15) is 0 Å². The minimum absolute atomic E-state index is 0.0714. The minimum atomic E-state index is -3.77. The Kier molecular flexibility index (Phi) is 4.15. The summed E-state index contributed by atoms with van der Waals surface area (Å²) in [4.78, 5) is 11.2. The molecule has 2 aromatic rings. The van der Waals surface area contributed by atoms with E-state index in [0.29, 0.717) is 18.5 Å². The molecule has 5 nitrogen and oxygen atoms in total. The van der Waals surface area contributed by atoms with Gasteiger partial charge in [0.1, 0.15) is 5.82 Å². The monoisotopic (exact) mass is 348 g/mol. The van der Waals surface area contributed by atoms with Crippen LogP contribution in [0.1, 0.15) is 25.3 Å². The van der Waals surface area contributed by atoms with Crippen molar-refractivity contribution in [1.29, 1.82) is 0 Å². The molecule has 0 aromatic heterocycles. The maximum atomic E-state index is 13.1. The molecule has 2 N–H and O–H groups in total. The lowest BCUT2D eigenvalue weighted by molar-refractivity contribution is -0.114. The van der Waals surface area contributed by atoms with Gasteiger partial charge in [-0.1, -0.05) is 18.2 Å². The number of anilines is 1. The largest absolute Gasteiger partial charge is 0.326 e. The molecule has 0 atom stereocenters. The van der Waals surface area contributed by atoms with Gasteiger partial charge in [0.25, 0.3) is 0 Å². The number of nitrogens with one attached hydrogen (secondary N) is 2. The standard InChI is InChI=1S/C17H17FN2O3S/c1-12(21)19-15-3-2-4-16(11-15)24(22,23)20-17(9-10-17)13-5-7-14(18)8-6-13/h2-8,11,20H,9-10H2,1H3,(H,19,21). The molecule has 0 saturated heterocycles. The van der Waals surface area contributed by atoms with Crippen molar-refractivity contribution >= 4 is 21.6 Å². The first-order valence-electron chi connectivity index (χ1n) is 7.48. The minimum Gasteiger partial charge on any atom is -0.326 e. The second-order valence-corrected chi connectivity index (χ2v) is 7.59. The molecule has 0 radical (unpaired) electrons.